The van der Waals surface area contributed by atoms with Crippen LogP contribution in [-0.4, -0.2) is 11.2 Å². The van der Waals surface area contributed by atoms with Crippen LogP contribution in [0.3, 0.4) is 0 Å². The van der Waals surface area contributed by atoms with E-state index < -0.39 is 11.9 Å². The molecule has 2 aromatic carbocycles. The van der Waals surface area contributed by atoms with Crippen molar-refractivity contribution in [1.29, 1.82) is 0 Å². The van der Waals surface area contributed by atoms with Gasteiger partial charge in [-0.05, 0) is 36.6 Å². The summed E-state index contributed by atoms with van der Waals surface area (Å²) in [4.78, 5) is 0. The van der Waals surface area contributed by atoms with Crippen LogP contribution in [0.4, 0.5) is 4.39 Å². The van der Waals surface area contributed by atoms with Crippen molar-refractivity contribution in [3.05, 3.63) is 64.4 Å². The van der Waals surface area contributed by atoms with Gasteiger partial charge in [-0.2, -0.15) is 0 Å². The summed E-state index contributed by atoms with van der Waals surface area (Å²) in [6.07, 6.45) is 1.35. The first-order valence-electron chi connectivity index (χ1n) is 6.54. The quantitative estimate of drug-likeness (QED) is 0.919. The van der Waals surface area contributed by atoms with E-state index in [0.717, 1.165) is 12.8 Å². The fourth-order valence-electron chi connectivity index (χ4n) is 2.05. The third-order valence-electron chi connectivity index (χ3n) is 3.28. The van der Waals surface area contributed by atoms with Crippen molar-refractivity contribution in [2.45, 2.75) is 25.0 Å². The molecule has 0 bridgehead atoms. The SMILES string of the molecule is OC(c1cccc(OC2CC2)c1)c1cccc(Cl)c1F. The lowest BCUT2D eigenvalue weighted by Crippen LogP contribution is -2.04. The number of hydrogen-bond acceptors (Lipinski definition) is 2. The first kappa shape index (κ1) is 13.4. The Morgan fingerprint density at radius 2 is 1.95 bits per heavy atom. The van der Waals surface area contributed by atoms with Crippen LogP contribution in [0.1, 0.15) is 30.1 Å². The van der Waals surface area contributed by atoms with Crippen molar-refractivity contribution in [3.8, 4) is 5.75 Å². The summed E-state index contributed by atoms with van der Waals surface area (Å²) in [5.74, 6) is 0.113. The highest BCUT2D eigenvalue weighted by atomic mass is 35.5. The third-order valence-corrected chi connectivity index (χ3v) is 3.57. The average molecular weight is 293 g/mol. The number of rotatable bonds is 4. The average Bonchev–Trinajstić information content (AvgIpc) is 3.25. The molecule has 1 N–H and O–H groups in total. The lowest BCUT2D eigenvalue weighted by molar-refractivity contribution is 0.214. The first-order valence-corrected chi connectivity index (χ1v) is 6.91. The summed E-state index contributed by atoms with van der Waals surface area (Å²) in [5.41, 5.74) is 0.755. The molecule has 3 rings (SSSR count). The van der Waals surface area contributed by atoms with E-state index in [1.54, 1.807) is 24.3 Å². The smallest absolute Gasteiger partial charge is 0.147 e. The van der Waals surface area contributed by atoms with Gasteiger partial charge in [0.1, 0.15) is 17.7 Å². The van der Waals surface area contributed by atoms with Gasteiger partial charge in [0.05, 0.1) is 11.1 Å². The second-order valence-electron chi connectivity index (χ2n) is 4.94. The Hall–Kier alpha value is -1.58. The Labute approximate surface area is 121 Å². The highest BCUT2D eigenvalue weighted by Crippen LogP contribution is 2.31. The van der Waals surface area contributed by atoms with E-state index in [4.69, 9.17) is 16.3 Å². The lowest BCUT2D eigenvalue weighted by Gasteiger charge is -2.14. The molecule has 0 aliphatic heterocycles. The largest absolute Gasteiger partial charge is 0.490 e. The van der Waals surface area contributed by atoms with Crippen molar-refractivity contribution >= 4 is 11.6 Å². The molecule has 0 saturated heterocycles. The Morgan fingerprint density at radius 1 is 1.20 bits per heavy atom. The maximum Gasteiger partial charge on any atom is 0.147 e. The van der Waals surface area contributed by atoms with Gasteiger partial charge in [0, 0.05) is 5.56 Å². The second-order valence-corrected chi connectivity index (χ2v) is 5.34. The molecular weight excluding hydrogens is 279 g/mol. The Bertz CT molecular complexity index is 626. The zero-order valence-corrected chi connectivity index (χ0v) is 11.5. The van der Waals surface area contributed by atoms with Gasteiger partial charge in [0.2, 0.25) is 0 Å². The molecule has 1 atom stereocenters. The minimum absolute atomic E-state index is 0.00642. The Morgan fingerprint density at radius 3 is 2.70 bits per heavy atom. The third kappa shape index (κ3) is 2.79. The van der Waals surface area contributed by atoms with Crippen LogP contribution in [0, 0.1) is 5.82 Å². The normalized spacial score (nSPS) is 15.9. The highest BCUT2D eigenvalue weighted by Gasteiger charge is 2.24. The molecule has 0 amide bonds. The maximum absolute atomic E-state index is 13.9. The van der Waals surface area contributed by atoms with Gasteiger partial charge in [-0.3, -0.25) is 0 Å². The lowest BCUT2D eigenvalue weighted by atomic mass is 10.0. The van der Waals surface area contributed by atoms with Crippen LogP contribution in [0.5, 0.6) is 5.75 Å². The fraction of sp³-hybridized carbons (Fsp3) is 0.250. The van der Waals surface area contributed by atoms with Crippen molar-refractivity contribution in [2.75, 3.05) is 0 Å². The fourth-order valence-corrected chi connectivity index (χ4v) is 2.23. The zero-order chi connectivity index (χ0) is 14.1. The number of aliphatic hydroxyl groups is 1. The Balaban J connectivity index is 1.89. The summed E-state index contributed by atoms with van der Waals surface area (Å²) in [6, 6.07) is 11.7. The summed E-state index contributed by atoms with van der Waals surface area (Å²) in [6.45, 7) is 0. The molecule has 0 heterocycles. The summed E-state index contributed by atoms with van der Waals surface area (Å²) < 4.78 is 19.6. The highest BCUT2D eigenvalue weighted by molar-refractivity contribution is 6.30. The standard InChI is InChI=1S/C16H14ClFO2/c17-14-6-2-5-13(15(14)18)16(19)10-3-1-4-12(9-10)20-11-7-8-11/h1-6,9,11,16,19H,7-8H2. The molecule has 20 heavy (non-hydrogen) atoms. The van der Waals surface area contributed by atoms with E-state index in [1.165, 1.54) is 12.1 Å². The monoisotopic (exact) mass is 292 g/mol. The van der Waals surface area contributed by atoms with Crippen LogP contribution >= 0.6 is 11.6 Å². The molecule has 2 aromatic rings. The minimum Gasteiger partial charge on any atom is -0.490 e. The molecule has 1 aliphatic carbocycles. The van der Waals surface area contributed by atoms with Crippen LogP contribution in [0.15, 0.2) is 42.5 Å². The number of ether oxygens (including phenoxy) is 1. The predicted octanol–water partition coefficient (Wildman–Crippen LogP) is 4.10. The minimum atomic E-state index is -1.06. The molecule has 1 fully saturated rings. The number of aliphatic hydroxyl groups excluding tert-OH is 1. The van der Waals surface area contributed by atoms with Crippen LogP contribution in [0.2, 0.25) is 5.02 Å². The molecule has 104 valence electrons. The van der Waals surface area contributed by atoms with Crippen molar-refractivity contribution < 1.29 is 14.2 Å². The number of hydrogen-bond donors (Lipinski definition) is 1. The van der Waals surface area contributed by atoms with Gasteiger partial charge in [-0.1, -0.05) is 35.9 Å². The summed E-state index contributed by atoms with van der Waals surface area (Å²) in [7, 11) is 0. The van der Waals surface area contributed by atoms with Gasteiger partial charge in [0.25, 0.3) is 0 Å². The maximum atomic E-state index is 13.9. The van der Waals surface area contributed by atoms with E-state index in [9.17, 15) is 9.50 Å². The van der Waals surface area contributed by atoms with Crippen LogP contribution in [-0.2, 0) is 0 Å². The molecule has 1 unspecified atom stereocenters. The van der Waals surface area contributed by atoms with E-state index in [-0.39, 0.29) is 16.7 Å². The van der Waals surface area contributed by atoms with Gasteiger partial charge in [-0.25, -0.2) is 4.39 Å². The van der Waals surface area contributed by atoms with Gasteiger partial charge >= 0.3 is 0 Å². The van der Waals surface area contributed by atoms with Crippen molar-refractivity contribution in [2.24, 2.45) is 0 Å². The van der Waals surface area contributed by atoms with E-state index in [2.05, 4.69) is 0 Å². The number of benzene rings is 2. The number of halogens is 2. The molecule has 0 spiro atoms. The van der Waals surface area contributed by atoms with Crippen LogP contribution in [0.25, 0.3) is 0 Å². The molecule has 0 aromatic heterocycles. The van der Waals surface area contributed by atoms with Crippen molar-refractivity contribution in [1.82, 2.24) is 0 Å². The second kappa shape index (κ2) is 5.43. The van der Waals surface area contributed by atoms with Gasteiger partial charge in [0.15, 0.2) is 0 Å². The summed E-state index contributed by atoms with van der Waals surface area (Å²) in [5, 5.41) is 10.3. The first-order chi connectivity index (χ1) is 9.65. The van der Waals surface area contributed by atoms with Gasteiger partial charge < -0.3 is 9.84 Å². The molecule has 4 heteroatoms. The van der Waals surface area contributed by atoms with Crippen molar-refractivity contribution in [3.63, 3.8) is 0 Å². The summed E-state index contributed by atoms with van der Waals surface area (Å²) >= 11 is 5.74. The van der Waals surface area contributed by atoms with E-state index in [1.807, 2.05) is 6.07 Å². The van der Waals surface area contributed by atoms with E-state index in [0.29, 0.717) is 11.3 Å². The van der Waals surface area contributed by atoms with E-state index >= 15 is 0 Å². The van der Waals surface area contributed by atoms with Crippen LogP contribution < -0.4 is 4.74 Å². The topological polar surface area (TPSA) is 29.5 Å². The Kier molecular flexibility index (Phi) is 3.64. The molecule has 1 aliphatic rings. The molecule has 2 nitrogen and oxygen atoms in total. The molecular formula is C16H14ClFO2. The van der Waals surface area contributed by atoms with Gasteiger partial charge in [-0.15, -0.1) is 0 Å². The predicted molar refractivity (Wildman–Crippen MR) is 75.6 cm³/mol. The zero-order valence-electron chi connectivity index (χ0n) is 10.7. The molecule has 0 radical (unpaired) electrons. The molecule has 1 saturated carbocycles.